The average Bonchev–Trinajstić information content (AvgIpc) is 3.22. The lowest BCUT2D eigenvalue weighted by Gasteiger charge is -2.47. The number of nitrogens with zero attached hydrogens (tertiary/aromatic N) is 2. The summed E-state index contributed by atoms with van der Waals surface area (Å²) in [5.74, 6) is -0.439. The summed E-state index contributed by atoms with van der Waals surface area (Å²) in [5.41, 5.74) is 4.81. The first kappa shape index (κ1) is 22.0. The Morgan fingerprint density at radius 1 is 1.00 bits per heavy atom. The molecule has 2 amide bonds. The van der Waals surface area contributed by atoms with Gasteiger partial charge in [-0.15, -0.1) is 0 Å². The number of H-pyrrole nitrogens is 1. The summed E-state index contributed by atoms with van der Waals surface area (Å²) in [6, 6.07) is 21.4. The minimum atomic E-state index is -0.584. The highest BCUT2D eigenvalue weighted by Gasteiger charge is 2.48. The molecule has 0 bridgehead atoms. The van der Waals surface area contributed by atoms with Crippen molar-refractivity contribution in [1.29, 1.82) is 0 Å². The van der Waals surface area contributed by atoms with Crippen molar-refractivity contribution in [3.8, 4) is 0 Å². The van der Waals surface area contributed by atoms with Crippen LogP contribution in [0.2, 0.25) is 0 Å². The average molecular weight is 532 g/mol. The number of carbonyl (C=O) groups excluding carboxylic acids is 2. The van der Waals surface area contributed by atoms with Crippen LogP contribution in [0.4, 0.5) is 4.39 Å². The van der Waals surface area contributed by atoms with Gasteiger partial charge in [0.2, 0.25) is 11.8 Å². The zero-order chi connectivity index (χ0) is 24.1. The molecule has 0 spiro atoms. The quantitative estimate of drug-likeness (QED) is 0.403. The lowest BCUT2D eigenvalue weighted by molar-refractivity contribution is -0.158. The van der Waals surface area contributed by atoms with Gasteiger partial charge in [-0.05, 0) is 53.4 Å². The van der Waals surface area contributed by atoms with Crippen molar-refractivity contribution in [2.24, 2.45) is 0 Å². The van der Waals surface area contributed by atoms with Crippen molar-refractivity contribution in [3.05, 3.63) is 105 Å². The van der Waals surface area contributed by atoms with Gasteiger partial charge in [0.15, 0.2) is 0 Å². The minimum absolute atomic E-state index is 0.0186. The van der Waals surface area contributed by atoms with Crippen LogP contribution in [0.25, 0.3) is 10.9 Å². The summed E-state index contributed by atoms with van der Waals surface area (Å²) in [6.45, 7) is 0.394. The lowest BCUT2D eigenvalue weighted by Crippen LogP contribution is -2.63. The summed E-state index contributed by atoms with van der Waals surface area (Å²) in [7, 11) is 0. The van der Waals surface area contributed by atoms with E-state index in [9.17, 15) is 14.0 Å². The van der Waals surface area contributed by atoms with Crippen molar-refractivity contribution >= 4 is 38.6 Å². The molecule has 3 heterocycles. The molecule has 0 aliphatic carbocycles. The number of rotatable bonds is 4. The topological polar surface area (TPSA) is 56.4 Å². The molecular weight excluding hydrogens is 509 g/mol. The fraction of sp³-hybridized carbons (Fsp3) is 0.214. The van der Waals surface area contributed by atoms with E-state index in [2.05, 4.69) is 27.0 Å². The Labute approximate surface area is 210 Å². The number of halogens is 2. The van der Waals surface area contributed by atoms with Gasteiger partial charge in [-0.1, -0.05) is 58.4 Å². The highest BCUT2D eigenvalue weighted by Crippen LogP contribution is 2.42. The molecule has 6 rings (SSSR count). The molecule has 5 nitrogen and oxygen atoms in total. The SMILES string of the molecule is O=C1[C@@H]2Cc3c([nH]c4ccccc34)[C@H](c3cccc(Br)c3)N2C(=O)CN1CCc1cccc(F)c1. The molecule has 2 aliphatic heterocycles. The number of carbonyl (C=O) groups is 2. The number of amides is 2. The van der Waals surface area contributed by atoms with Crippen LogP contribution in [-0.2, 0) is 22.4 Å². The van der Waals surface area contributed by atoms with Crippen LogP contribution in [0.5, 0.6) is 0 Å². The molecule has 2 atom stereocenters. The molecule has 2 aliphatic rings. The van der Waals surface area contributed by atoms with E-state index < -0.39 is 6.04 Å². The highest BCUT2D eigenvalue weighted by molar-refractivity contribution is 9.10. The standard InChI is InChI=1S/C28H23BrFN3O2/c29-19-7-4-6-18(14-19)27-26-22(21-9-1-2-10-23(21)31-26)15-24-28(35)32(16-25(34)33(24)27)12-11-17-5-3-8-20(30)13-17/h1-10,13-14,24,27,31H,11-12,15-16H2/t24-,27-/m0/s1. The van der Waals surface area contributed by atoms with Crippen molar-refractivity contribution in [2.75, 3.05) is 13.1 Å². The van der Waals surface area contributed by atoms with E-state index in [1.165, 1.54) is 12.1 Å². The Kier molecular flexibility index (Phi) is 5.44. The zero-order valence-corrected chi connectivity index (χ0v) is 20.5. The van der Waals surface area contributed by atoms with Crippen molar-refractivity contribution < 1.29 is 14.0 Å². The summed E-state index contributed by atoms with van der Waals surface area (Å²) in [6.07, 6.45) is 0.960. The number of piperazine rings is 1. The van der Waals surface area contributed by atoms with Crippen LogP contribution in [-0.4, -0.2) is 45.7 Å². The van der Waals surface area contributed by atoms with E-state index in [-0.39, 0.29) is 30.2 Å². The maximum atomic E-state index is 13.7. The predicted octanol–water partition coefficient (Wildman–Crippen LogP) is 5.00. The Balaban J connectivity index is 1.39. The van der Waals surface area contributed by atoms with Gasteiger partial charge in [-0.25, -0.2) is 4.39 Å². The Morgan fingerprint density at radius 3 is 2.66 bits per heavy atom. The Hall–Kier alpha value is -3.45. The molecule has 35 heavy (non-hydrogen) atoms. The Morgan fingerprint density at radius 2 is 1.83 bits per heavy atom. The molecule has 0 saturated carbocycles. The molecule has 1 fully saturated rings. The van der Waals surface area contributed by atoms with Crippen LogP contribution in [0.1, 0.15) is 28.4 Å². The summed E-state index contributed by atoms with van der Waals surface area (Å²) in [4.78, 5) is 34.3. The fourth-order valence-corrected chi connectivity index (χ4v) is 5.91. The van der Waals surface area contributed by atoms with Crippen molar-refractivity contribution in [3.63, 3.8) is 0 Å². The summed E-state index contributed by atoms with van der Waals surface area (Å²) in [5, 5.41) is 1.08. The summed E-state index contributed by atoms with van der Waals surface area (Å²) >= 11 is 3.56. The molecule has 3 aromatic carbocycles. The van der Waals surface area contributed by atoms with Gasteiger partial charge in [0, 0.05) is 34.0 Å². The second kappa shape index (κ2) is 8.64. The van der Waals surface area contributed by atoms with E-state index in [0.717, 1.165) is 37.8 Å². The number of fused-ring (bicyclic) bond motifs is 4. The third-order valence-electron chi connectivity index (χ3n) is 7.07. The van der Waals surface area contributed by atoms with E-state index in [1.807, 2.05) is 48.5 Å². The zero-order valence-electron chi connectivity index (χ0n) is 18.9. The smallest absolute Gasteiger partial charge is 0.246 e. The van der Waals surface area contributed by atoms with Crippen LogP contribution in [0, 0.1) is 5.82 Å². The number of para-hydroxylation sites is 1. The van der Waals surface area contributed by atoms with E-state index >= 15 is 0 Å². The third-order valence-corrected chi connectivity index (χ3v) is 7.56. The van der Waals surface area contributed by atoms with Crippen LogP contribution in [0.15, 0.2) is 77.3 Å². The van der Waals surface area contributed by atoms with Crippen LogP contribution < -0.4 is 0 Å². The molecule has 0 radical (unpaired) electrons. The summed E-state index contributed by atoms with van der Waals surface area (Å²) < 4.78 is 14.5. The first-order valence-electron chi connectivity index (χ1n) is 11.7. The van der Waals surface area contributed by atoms with Crippen LogP contribution in [0.3, 0.4) is 0 Å². The molecule has 176 valence electrons. The monoisotopic (exact) mass is 531 g/mol. The highest BCUT2D eigenvalue weighted by atomic mass is 79.9. The molecular formula is C28H23BrFN3O2. The van der Waals surface area contributed by atoms with Gasteiger partial charge in [-0.2, -0.15) is 0 Å². The molecule has 7 heteroatoms. The normalized spacial score (nSPS) is 19.7. The molecule has 1 aromatic heterocycles. The molecule has 1 N–H and O–H groups in total. The van der Waals surface area contributed by atoms with E-state index in [1.54, 1.807) is 15.9 Å². The maximum Gasteiger partial charge on any atom is 0.246 e. The van der Waals surface area contributed by atoms with Crippen molar-refractivity contribution in [1.82, 2.24) is 14.8 Å². The minimum Gasteiger partial charge on any atom is -0.356 e. The largest absolute Gasteiger partial charge is 0.356 e. The van der Waals surface area contributed by atoms with E-state index in [0.29, 0.717) is 19.4 Å². The van der Waals surface area contributed by atoms with Crippen molar-refractivity contribution in [2.45, 2.75) is 24.9 Å². The van der Waals surface area contributed by atoms with Gasteiger partial charge in [0.05, 0.1) is 12.6 Å². The third kappa shape index (κ3) is 3.84. The van der Waals surface area contributed by atoms with E-state index in [4.69, 9.17) is 0 Å². The predicted molar refractivity (Wildman–Crippen MR) is 135 cm³/mol. The lowest BCUT2D eigenvalue weighted by atomic mass is 9.86. The Bertz CT molecular complexity index is 1470. The van der Waals surface area contributed by atoms with Gasteiger partial charge < -0.3 is 14.8 Å². The number of hydrogen-bond donors (Lipinski definition) is 1. The number of hydrogen-bond acceptors (Lipinski definition) is 2. The molecule has 0 unspecified atom stereocenters. The first-order valence-corrected chi connectivity index (χ1v) is 12.5. The number of benzene rings is 3. The van der Waals surface area contributed by atoms with Gasteiger partial charge in [0.1, 0.15) is 11.9 Å². The number of aromatic nitrogens is 1. The van der Waals surface area contributed by atoms with Gasteiger partial charge in [-0.3, -0.25) is 9.59 Å². The van der Waals surface area contributed by atoms with Gasteiger partial charge >= 0.3 is 0 Å². The van der Waals surface area contributed by atoms with Gasteiger partial charge in [0.25, 0.3) is 0 Å². The fourth-order valence-electron chi connectivity index (χ4n) is 5.49. The number of nitrogens with one attached hydrogen (secondary N) is 1. The maximum absolute atomic E-state index is 13.7. The second-order valence-corrected chi connectivity index (χ2v) is 10.1. The number of aromatic amines is 1. The first-order chi connectivity index (χ1) is 17.0. The molecule has 1 saturated heterocycles. The molecule has 4 aromatic rings. The second-order valence-electron chi connectivity index (χ2n) is 9.18. The van der Waals surface area contributed by atoms with Crippen LogP contribution >= 0.6 is 15.9 Å².